The van der Waals surface area contributed by atoms with Gasteiger partial charge in [0.2, 0.25) is 0 Å². The summed E-state index contributed by atoms with van der Waals surface area (Å²) in [6.45, 7) is 2.71. The molecule has 0 fully saturated rings. The van der Waals surface area contributed by atoms with E-state index in [2.05, 4.69) is 5.32 Å². The van der Waals surface area contributed by atoms with Gasteiger partial charge in [0.1, 0.15) is 23.5 Å². The van der Waals surface area contributed by atoms with Crippen molar-refractivity contribution in [1.82, 2.24) is 0 Å². The third-order valence-corrected chi connectivity index (χ3v) is 1.93. The molecular weight excluding hydrogens is 214 g/mol. The Balaban J connectivity index is 2.70. The van der Waals surface area contributed by atoms with Crippen molar-refractivity contribution in [3.05, 3.63) is 36.0 Å². The van der Waals surface area contributed by atoms with Gasteiger partial charge in [0.25, 0.3) is 0 Å². The predicted molar refractivity (Wildman–Crippen MR) is 65.2 cm³/mol. The molecule has 0 bridgehead atoms. The number of benzene rings is 1. The summed E-state index contributed by atoms with van der Waals surface area (Å²) >= 11 is 0. The van der Waals surface area contributed by atoms with Crippen molar-refractivity contribution in [3.8, 4) is 17.9 Å². The van der Waals surface area contributed by atoms with E-state index in [0.717, 1.165) is 17.9 Å². The fourth-order valence-corrected chi connectivity index (χ4v) is 1.14. The summed E-state index contributed by atoms with van der Waals surface area (Å²) in [4.78, 5) is 0. The van der Waals surface area contributed by atoms with Gasteiger partial charge < -0.3 is 10.1 Å². The van der Waals surface area contributed by atoms with Gasteiger partial charge in [-0.25, -0.2) is 0 Å². The monoisotopic (exact) mass is 227 g/mol. The normalized spacial score (nSPS) is 8.65. The lowest BCUT2D eigenvalue weighted by atomic mass is 10.3. The molecule has 0 atom stereocenters. The van der Waals surface area contributed by atoms with Crippen molar-refractivity contribution in [1.29, 1.82) is 10.5 Å². The second-order valence-corrected chi connectivity index (χ2v) is 3.30. The molecule has 0 amide bonds. The maximum absolute atomic E-state index is 8.57. The van der Waals surface area contributed by atoms with Crippen molar-refractivity contribution in [2.45, 2.75) is 13.3 Å². The van der Waals surface area contributed by atoms with Crippen LogP contribution in [-0.4, -0.2) is 6.61 Å². The average Bonchev–Trinajstić information content (AvgIpc) is 2.38. The second kappa shape index (κ2) is 6.92. The molecule has 0 aromatic heterocycles. The molecule has 0 saturated heterocycles. The highest BCUT2D eigenvalue weighted by molar-refractivity contribution is 5.52. The van der Waals surface area contributed by atoms with E-state index in [-0.39, 0.29) is 5.57 Å². The molecule has 1 aromatic rings. The first-order chi connectivity index (χ1) is 8.30. The molecule has 4 heteroatoms. The molecule has 0 unspecified atom stereocenters. The highest BCUT2D eigenvalue weighted by atomic mass is 16.5. The smallest absolute Gasteiger partial charge is 0.145 e. The Morgan fingerprint density at radius 2 is 2.18 bits per heavy atom. The predicted octanol–water partition coefficient (Wildman–Crippen LogP) is 2.82. The van der Waals surface area contributed by atoms with Crippen molar-refractivity contribution in [2.24, 2.45) is 0 Å². The number of anilines is 1. The third kappa shape index (κ3) is 4.27. The summed E-state index contributed by atoms with van der Waals surface area (Å²) in [5.41, 5.74) is 0.812. The SMILES string of the molecule is CCCOc1cccc(NC=C(C#N)C#N)c1. The van der Waals surface area contributed by atoms with E-state index in [1.165, 1.54) is 6.20 Å². The fraction of sp³-hybridized carbons (Fsp3) is 0.231. The van der Waals surface area contributed by atoms with Gasteiger partial charge in [0, 0.05) is 18.0 Å². The number of ether oxygens (including phenoxy) is 1. The Morgan fingerprint density at radius 1 is 1.41 bits per heavy atom. The number of allylic oxidation sites excluding steroid dienone is 1. The molecule has 4 nitrogen and oxygen atoms in total. The Kier molecular flexibility index (Phi) is 5.13. The van der Waals surface area contributed by atoms with Gasteiger partial charge in [-0.1, -0.05) is 13.0 Å². The third-order valence-electron chi connectivity index (χ3n) is 1.93. The van der Waals surface area contributed by atoms with E-state index in [9.17, 15) is 0 Å². The maximum atomic E-state index is 8.57. The Morgan fingerprint density at radius 3 is 2.82 bits per heavy atom. The summed E-state index contributed by atoms with van der Waals surface area (Å²) < 4.78 is 5.46. The van der Waals surface area contributed by atoms with E-state index in [0.29, 0.717) is 6.61 Å². The minimum Gasteiger partial charge on any atom is -0.494 e. The number of rotatable bonds is 5. The number of hydrogen-bond acceptors (Lipinski definition) is 4. The van der Waals surface area contributed by atoms with E-state index in [1.807, 2.05) is 31.2 Å². The zero-order valence-electron chi connectivity index (χ0n) is 9.60. The van der Waals surface area contributed by atoms with Gasteiger partial charge in [-0.05, 0) is 18.6 Å². The fourth-order valence-electron chi connectivity index (χ4n) is 1.14. The largest absolute Gasteiger partial charge is 0.494 e. The van der Waals surface area contributed by atoms with Gasteiger partial charge >= 0.3 is 0 Å². The van der Waals surface area contributed by atoms with Crippen molar-refractivity contribution < 1.29 is 4.74 Å². The second-order valence-electron chi connectivity index (χ2n) is 3.30. The van der Waals surface area contributed by atoms with Crippen LogP contribution in [0.3, 0.4) is 0 Å². The molecule has 86 valence electrons. The zero-order valence-corrected chi connectivity index (χ0v) is 9.60. The van der Waals surface area contributed by atoms with Crippen LogP contribution < -0.4 is 10.1 Å². The quantitative estimate of drug-likeness (QED) is 0.785. The van der Waals surface area contributed by atoms with Crippen molar-refractivity contribution >= 4 is 5.69 Å². The van der Waals surface area contributed by atoms with Crippen LogP contribution in [0.4, 0.5) is 5.69 Å². The first kappa shape index (κ1) is 12.6. The number of nitrogens with zero attached hydrogens (tertiary/aromatic N) is 2. The summed E-state index contributed by atoms with van der Waals surface area (Å²) in [6.07, 6.45) is 2.32. The summed E-state index contributed by atoms with van der Waals surface area (Å²) in [6, 6.07) is 10.9. The first-order valence-corrected chi connectivity index (χ1v) is 5.30. The van der Waals surface area contributed by atoms with Gasteiger partial charge in [0.15, 0.2) is 0 Å². The Labute approximate surface area is 101 Å². The van der Waals surface area contributed by atoms with Gasteiger partial charge in [-0.15, -0.1) is 0 Å². The molecule has 0 spiro atoms. The molecule has 1 N–H and O–H groups in total. The summed E-state index contributed by atoms with van der Waals surface area (Å²) in [5.74, 6) is 0.765. The Bertz CT molecular complexity index is 464. The molecule has 0 saturated carbocycles. The molecule has 1 rings (SSSR count). The van der Waals surface area contributed by atoms with Gasteiger partial charge in [-0.2, -0.15) is 10.5 Å². The lowest BCUT2D eigenvalue weighted by Crippen LogP contribution is -1.96. The van der Waals surface area contributed by atoms with Crippen LogP contribution in [-0.2, 0) is 0 Å². The summed E-state index contributed by atoms with van der Waals surface area (Å²) in [5, 5.41) is 20.0. The van der Waals surface area contributed by atoms with Crippen LogP contribution in [0.25, 0.3) is 0 Å². The van der Waals surface area contributed by atoms with Crippen LogP contribution >= 0.6 is 0 Å². The van der Waals surface area contributed by atoms with E-state index in [1.54, 1.807) is 12.1 Å². The topological polar surface area (TPSA) is 68.8 Å². The maximum Gasteiger partial charge on any atom is 0.145 e. The van der Waals surface area contributed by atoms with Crippen molar-refractivity contribution in [2.75, 3.05) is 11.9 Å². The molecule has 1 aromatic carbocycles. The van der Waals surface area contributed by atoms with Gasteiger partial charge in [-0.3, -0.25) is 0 Å². The van der Waals surface area contributed by atoms with Crippen LogP contribution in [0, 0.1) is 22.7 Å². The molecule has 0 aliphatic carbocycles. The molecule has 0 aliphatic rings. The van der Waals surface area contributed by atoms with Crippen LogP contribution in [0.5, 0.6) is 5.75 Å². The Hall–Kier alpha value is -2.46. The van der Waals surface area contributed by atoms with Crippen LogP contribution in [0.15, 0.2) is 36.0 Å². The lowest BCUT2D eigenvalue weighted by Gasteiger charge is -2.06. The molecule has 17 heavy (non-hydrogen) atoms. The highest BCUT2D eigenvalue weighted by Gasteiger charge is 1.96. The lowest BCUT2D eigenvalue weighted by molar-refractivity contribution is 0.317. The van der Waals surface area contributed by atoms with Crippen LogP contribution in [0.2, 0.25) is 0 Å². The summed E-state index contributed by atoms with van der Waals surface area (Å²) in [7, 11) is 0. The number of nitrogens with one attached hydrogen (secondary N) is 1. The highest BCUT2D eigenvalue weighted by Crippen LogP contribution is 2.17. The van der Waals surface area contributed by atoms with Crippen molar-refractivity contribution in [3.63, 3.8) is 0 Å². The molecule has 0 heterocycles. The van der Waals surface area contributed by atoms with E-state index in [4.69, 9.17) is 15.3 Å². The standard InChI is InChI=1S/C13H13N3O/c1-2-6-17-13-5-3-4-12(7-13)16-10-11(8-14)9-15/h3-5,7,10,16H,2,6H2,1H3. The molecular formula is C13H13N3O. The van der Waals surface area contributed by atoms with E-state index >= 15 is 0 Å². The molecule has 0 radical (unpaired) electrons. The number of nitriles is 2. The number of hydrogen-bond donors (Lipinski definition) is 1. The first-order valence-electron chi connectivity index (χ1n) is 5.30. The van der Waals surface area contributed by atoms with Crippen LogP contribution in [0.1, 0.15) is 13.3 Å². The van der Waals surface area contributed by atoms with E-state index < -0.39 is 0 Å². The minimum absolute atomic E-state index is 0.0323. The average molecular weight is 227 g/mol. The zero-order chi connectivity index (χ0) is 12.5. The minimum atomic E-state index is 0.0323. The van der Waals surface area contributed by atoms with Gasteiger partial charge in [0.05, 0.1) is 6.61 Å². The molecule has 0 aliphatic heterocycles.